The Kier molecular flexibility index (Phi) is 4.41. The van der Waals surface area contributed by atoms with Gasteiger partial charge >= 0.3 is 0 Å². The maximum atomic E-state index is 12.5. The average molecular weight is 299 g/mol. The molecule has 1 saturated heterocycles. The first kappa shape index (κ1) is 14.5. The number of ether oxygens (including phenoxy) is 1. The molecular formula is C12H15ClN4O3. The quantitative estimate of drug-likeness (QED) is 0.743. The third-order valence-electron chi connectivity index (χ3n) is 3.03. The van der Waals surface area contributed by atoms with Crippen LogP contribution in [0.4, 0.5) is 5.69 Å². The molecule has 0 spiro atoms. The molecule has 0 aliphatic carbocycles. The zero-order valence-corrected chi connectivity index (χ0v) is 11.7. The summed E-state index contributed by atoms with van der Waals surface area (Å²) in [6.07, 6.45) is 1.37. The monoisotopic (exact) mass is 298 g/mol. The van der Waals surface area contributed by atoms with Gasteiger partial charge < -0.3 is 20.7 Å². The number of likely N-dealkylation sites (N-methyl/N-ethyl adjacent to an activating group) is 1. The number of amides is 2. The molecule has 2 rings (SSSR count). The summed E-state index contributed by atoms with van der Waals surface area (Å²) in [5.74, 6) is -0.669. The van der Waals surface area contributed by atoms with E-state index in [0.717, 1.165) is 0 Å². The van der Waals surface area contributed by atoms with Crippen LogP contribution in [-0.2, 0) is 9.53 Å². The summed E-state index contributed by atoms with van der Waals surface area (Å²) >= 11 is 5.93. The largest absolute Gasteiger partial charge is 0.397 e. The molecule has 1 unspecified atom stereocenters. The van der Waals surface area contributed by atoms with Gasteiger partial charge in [0.1, 0.15) is 11.2 Å². The first-order valence-electron chi connectivity index (χ1n) is 6.06. The molecule has 1 aliphatic heterocycles. The number of carbonyl (C=O) groups is 2. The Balaban J connectivity index is 2.30. The van der Waals surface area contributed by atoms with Gasteiger partial charge in [0, 0.05) is 13.6 Å². The second-order valence-corrected chi connectivity index (χ2v) is 4.67. The minimum absolute atomic E-state index is 0.0614. The van der Waals surface area contributed by atoms with E-state index in [9.17, 15) is 9.59 Å². The predicted octanol–water partition coefficient (Wildman–Crippen LogP) is -0.0958. The maximum absolute atomic E-state index is 12.5. The molecule has 1 fully saturated rings. The van der Waals surface area contributed by atoms with E-state index in [1.807, 2.05) is 0 Å². The fourth-order valence-electron chi connectivity index (χ4n) is 2.00. The van der Waals surface area contributed by atoms with Crippen LogP contribution in [0, 0.1) is 0 Å². The number of nitrogens with two attached hydrogens (primary N) is 1. The smallest absolute Gasteiger partial charge is 0.257 e. The first-order chi connectivity index (χ1) is 9.54. The third kappa shape index (κ3) is 2.83. The van der Waals surface area contributed by atoms with Crippen LogP contribution in [0.5, 0.6) is 0 Å². The molecule has 1 aromatic rings. The van der Waals surface area contributed by atoms with Crippen molar-refractivity contribution in [1.29, 1.82) is 0 Å². The van der Waals surface area contributed by atoms with Crippen molar-refractivity contribution in [2.45, 2.75) is 6.04 Å². The molecule has 2 amide bonds. The molecular weight excluding hydrogens is 284 g/mol. The molecule has 0 aromatic carbocycles. The maximum Gasteiger partial charge on any atom is 0.257 e. The summed E-state index contributed by atoms with van der Waals surface area (Å²) in [6.45, 7) is 0.827. The molecule has 0 radical (unpaired) electrons. The fourth-order valence-corrected chi connectivity index (χ4v) is 2.18. The lowest BCUT2D eigenvalue weighted by atomic mass is 10.1. The Bertz CT molecular complexity index is 537. The van der Waals surface area contributed by atoms with Crippen molar-refractivity contribution in [2.24, 2.45) is 0 Å². The molecule has 3 N–H and O–H groups in total. The van der Waals surface area contributed by atoms with Gasteiger partial charge in [0.05, 0.1) is 30.7 Å². The highest BCUT2D eigenvalue weighted by Crippen LogP contribution is 2.20. The van der Waals surface area contributed by atoms with Gasteiger partial charge in [-0.15, -0.1) is 0 Å². The molecule has 0 bridgehead atoms. The standard InChI is InChI=1S/C12H15ClN4O3/c1-15-11(18)9-6-20-3-2-17(9)12(19)8-4-7(14)5-16-10(8)13/h4-5,9H,2-3,6,14H2,1H3,(H,15,18). The summed E-state index contributed by atoms with van der Waals surface area (Å²) in [5, 5.41) is 2.57. The lowest BCUT2D eigenvalue weighted by Gasteiger charge is -2.34. The Labute approximate surface area is 121 Å². The molecule has 0 saturated carbocycles. The minimum Gasteiger partial charge on any atom is -0.397 e. The number of rotatable bonds is 2. The zero-order valence-electron chi connectivity index (χ0n) is 10.9. The molecule has 7 nitrogen and oxygen atoms in total. The molecule has 20 heavy (non-hydrogen) atoms. The van der Waals surface area contributed by atoms with Crippen LogP contribution in [0.1, 0.15) is 10.4 Å². The number of halogens is 1. The first-order valence-corrected chi connectivity index (χ1v) is 6.43. The van der Waals surface area contributed by atoms with E-state index >= 15 is 0 Å². The molecule has 1 aromatic heterocycles. The Morgan fingerprint density at radius 2 is 2.35 bits per heavy atom. The van der Waals surface area contributed by atoms with Crippen molar-refractivity contribution in [1.82, 2.24) is 15.2 Å². The normalized spacial score (nSPS) is 18.7. The second kappa shape index (κ2) is 6.06. The van der Waals surface area contributed by atoms with E-state index in [1.54, 1.807) is 0 Å². The van der Waals surface area contributed by atoms with Gasteiger partial charge in [-0.05, 0) is 6.07 Å². The lowest BCUT2D eigenvalue weighted by molar-refractivity contribution is -0.130. The summed E-state index contributed by atoms with van der Waals surface area (Å²) in [6, 6.07) is 0.771. The number of hydrogen-bond donors (Lipinski definition) is 2. The van der Waals surface area contributed by atoms with E-state index < -0.39 is 6.04 Å². The SMILES string of the molecule is CNC(=O)C1COCCN1C(=O)c1cc(N)cnc1Cl. The summed E-state index contributed by atoms with van der Waals surface area (Å²) < 4.78 is 5.25. The molecule has 8 heteroatoms. The highest BCUT2D eigenvalue weighted by molar-refractivity contribution is 6.32. The number of nitrogens with one attached hydrogen (secondary N) is 1. The Morgan fingerprint density at radius 1 is 1.60 bits per heavy atom. The number of morpholine rings is 1. The molecule has 1 aliphatic rings. The number of carbonyl (C=O) groups excluding carboxylic acids is 2. The van der Waals surface area contributed by atoms with E-state index in [2.05, 4.69) is 10.3 Å². The van der Waals surface area contributed by atoms with E-state index in [1.165, 1.54) is 24.2 Å². The number of pyridine rings is 1. The topological polar surface area (TPSA) is 97.5 Å². The van der Waals surface area contributed by atoms with Crippen molar-refractivity contribution >= 4 is 29.1 Å². The highest BCUT2D eigenvalue weighted by atomic mass is 35.5. The van der Waals surface area contributed by atoms with Crippen molar-refractivity contribution < 1.29 is 14.3 Å². The average Bonchev–Trinajstić information content (AvgIpc) is 2.48. The van der Waals surface area contributed by atoms with Crippen molar-refractivity contribution in [3.8, 4) is 0 Å². The van der Waals surface area contributed by atoms with Gasteiger partial charge in [-0.25, -0.2) is 4.98 Å². The van der Waals surface area contributed by atoms with Crippen LogP contribution >= 0.6 is 11.6 Å². The zero-order chi connectivity index (χ0) is 14.7. The van der Waals surface area contributed by atoms with Gasteiger partial charge in [-0.1, -0.05) is 11.6 Å². The third-order valence-corrected chi connectivity index (χ3v) is 3.33. The van der Waals surface area contributed by atoms with Crippen LogP contribution in [0.2, 0.25) is 5.15 Å². The van der Waals surface area contributed by atoms with Gasteiger partial charge in [-0.3, -0.25) is 9.59 Å². The van der Waals surface area contributed by atoms with Crippen LogP contribution in [0.3, 0.4) is 0 Å². The Morgan fingerprint density at radius 3 is 3.05 bits per heavy atom. The number of hydrogen-bond acceptors (Lipinski definition) is 5. The van der Waals surface area contributed by atoms with Gasteiger partial charge in [0.2, 0.25) is 5.91 Å². The van der Waals surface area contributed by atoms with Gasteiger partial charge in [-0.2, -0.15) is 0 Å². The lowest BCUT2D eigenvalue weighted by Crippen LogP contribution is -2.55. The number of aromatic nitrogens is 1. The fraction of sp³-hybridized carbons (Fsp3) is 0.417. The van der Waals surface area contributed by atoms with Crippen molar-refractivity contribution in [3.63, 3.8) is 0 Å². The van der Waals surface area contributed by atoms with Crippen molar-refractivity contribution in [3.05, 3.63) is 23.0 Å². The number of nitrogen functional groups attached to an aromatic ring is 1. The van der Waals surface area contributed by atoms with Crippen LogP contribution in [0.25, 0.3) is 0 Å². The number of anilines is 1. The number of nitrogens with zero attached hydrogens (tertiary/aromatic N) is 2. The van der Waals surface area contributed by atoms with E-state index in [4.69, 9.17) is 22.1 Å². The van der Waals surface area contributed by atoms with E-state index in [0.29, 0.717) is 18.8 Å². The van der Waals surface area contributed by atoms with Crippen molar-refractivity contribution in [2.75, 3.05) is 32.5 Å². The van der Waals surface area contributed by atoms with Gasteiger partial charge in [0.25, 0.3) is 5.91 Å². The minimum atomic E-state index is -0.682. The molecule has 2 heterocycles. The van der Waals surface area contributed by atoms with Crippen LogP contribution < -0.4 is 11.1 Å². The summed E-state index contributed by atoms with van der Waals surface area (Å²) in [7, 11) is 1.51. The molecule has 1 atom stereocenters. The summed E-state index contributed by atoms with van der Waals surface area (Å²) in [4.78, 5) is 29.6. The summed E-state index contributed by atoms with van der Waals surface area (Å²) in [5.41, 5.74) is 6.14. The molecule has 108 valence electrons. The predicted molar refractivity (Wildman–Crippen MR) is 73.4 cm³/mol. The highest BCUT2D eigenvalue weighted by Gasteiger charge is 2.33. The second-order valence-electron chi connectivity index (χ2n) is 4.31. The van der Waals surface area contributed by atoms with Crippen LogP contribution in [0.15, 0.2) is 12.3 Å². The van der Waals surface area contributed by atoms with Crippen LogP contribution in [-0.4, -0.2) is 54.5 Å². The van der Waals surface area contributed by atoms with E-state index in [-0.39, 0.29) is 29.1 Å². The van der Waals surface area contributed by atoms with Gasteiger partial charge in [0.15, 0.2) is 0 Å². The Hall–Kier alpha value is -1.86.